The van der Waals surface area contributed by atoms with Gasteiger partial charge < -0.3 is 9.47 Å². The van der Waals surface area contributed by atoms with Crippen molar-refractivity contribution in [1.82, 2.24) is 0 Å². The largest absolute Gasteiger partial charge is 0.497 e. The van der Waals surface area contributed by atoms with E-state index in [-0.39, 0.29) is 0 Å². The van der Waals surface area contributed by atoms with E-state index in [4.69, 9.17) is 9.47 Å². The fourth-order valence-electron chi connectivity index (χ4n) is 2.10. The smallest absolute Gasteiger partial charge is 0.118 e. The molecule has 0 atom stereocenters. The first-order chi connectivity index (χ1) is 10.8. The lowest BCUT2D eigenvalue weighted by Crippen LogP contribution is -1.87. The molecule has 0 aliphatic carbocycles. The third kappa shape index (κ3) is 3.34. The van der Waals surface area contributed by atoms with Crippen LogP contribution in [-0.4, -0.2) is 14.2 Å². The normalized spacial score (nSPS) is 14.1. The molecule has 0 radical (unpaired) electrons. The third-order valence-corrected chi connectivity index (χ3v) is 5.87. The minimum absolute atomic E-state index is 0.882. The van der Waals surface area contributed by atoms with Crippen molar-refractivity contribution < 1.29 is 9.47 Å². The first-order valence-electron chi connectivity index (χ1n) is 6.85. The molecule has 22 heavy (non-hydrogen) atoms. The van der Waals surface area contributed by atoms with Crippen LogP contribution in [0.1, 0.15) is 11.1 Å². The maximum absolute atomic E-state index is 5.20. The lowest BCUT2D eigenvalue weighted by molar-refractivity contribution is 0.414. The second kappa shape index (κ2) is 6.99. The summed E-state index contributed by atoms with van der Waals surface area (Å²) in [4.78, 5) is 2.51. The van der Waals surface area contributed by atoms with Gasteiger partial charge in [-0.25, -0.2) is 0 Å². The van der Waals surface area contributed by atoms with Crippen molar-refractivity contribution in [2.45, 2.75) is 0 Å². The Morgan fingerprint density at radius 2 is 0.955 bits per heavy atom. The van der Waals surface area contributed by atoms with Crippen molar-refractivity contribution in [3.05, 3.63) is 71.8 Å². The van der Waals surface area contributed by atoms with E-state index in [0.717, 1.165) is 11.5 Å². The van der Waals surface area contributed by atoms with Gasteiger partial charge in [-0.15, -0.1) is 0 Å². The summed E-state index contributed by atoms with van der Waals surface area (Å²) in [6.45, 7) is 0. The van der Waals surface area contributed by atoms with Crippen molar-refractivity contribution in [2.75, 3.05) is 14.2 Å². The summed E-state index contributed by atoms with van der Waals surface area (Å²) in [5.74, 6) is 1.76. The minimum atomic E-state index is 0.882. The maximum Gasteiger partial charge on any atom is 0.118 e. The summed E-state index contributed by atoms with van der Waals surface area (Å²) < 4.78 is 10.4. The average Bonchev–Trinajstić information content (AvgIpc) is 2.62. The lowest BCUT2D eigenvalue weighted by Gasteiger charge is -2.14. The Morgan fingerprint density at radius 3 is 1.23 bits per heavy atom. The highest BCUT2D eigenvalue weighted by atomic mass is 33.1. The zero-order valence-electron chi connectivity index (χ0n) is 12.4. The van der Waals surface area contributed by atoms with Gasteiger partial charge >= 0.3 is 0 Å². The van der Waals surface area contributed by atoms with E-state index in [2.05, 4.69) is 36.4 Å². The number of benzene rings is 2. The summed E-state index contributed by atoms with van der Waals surface area (Å²) in [7, 11) is 6.93. The Hall–Kier alpha value is -1.78. The highest BCUT2D eigenvalue weighted by molar-refractivity contribution is 8.83. The number of hydrogen-bond acceptors (Lipinski definition) is 4. The van der Waals surface area contributed by atoms with Gasteiger partial charge in [0.15, 0.2) is 0 Å². The molecule has 112 valence electrons. The molecule has 0 fully saturated rings. The van der Waals surface area contributed by atoms with E-state index < -0.39 is 0 Å². The second-order valence-electron chi connectivity index (χ2n) is 4.69. The summed E-state index contributed by atoms with van der Waals surface area (Å²) in [5.41, 5.74) is 2.42. The molecule has 0 amide bonds. The van der Waals surface area contributed by atoms with Gasteiger partial charge in [-0.2, -0.15) is 0 Å². The van der Waals surface area contributed by atoms with Gasteiger partial charge in [0.1, 0.15) is 11.5 Å². The summed E-state index contributed by atoms with van der Waals surface area (Å²) in [6.07, 6.45) is 4.34. The van der Waals surface area contributed by atoms with Crippen molar-refractivity contribution in [3.63, 3.8) is 0 Å². The van der Waals surface area contributed by atoms with E-state index in [9.17, 15) is 0 Å². The molecular weight excluding hydrogens is 312 g/mol. The van der Waals surface area contributed by atoms with Crippen LogP contribution in [-0.2, 0) is 0 Å². The molecule has 1 heterocycles. The fourth-order valence-corrected chi connectivity index (χ4v) is 4.44. The molecule has 2 aromatic rings. The predicted octanol–water partition coefficient (Wildman–Crippen LogP) is 5.48. The van der Waals surface area contributed by atoms with E-state index >= 15 is 0 Å². The average molecular weight is 328 g/mol. The van der Waals surface area contributed by atoms with Gasteiger partial charge in [-0.05, 0) is 47.5 Å². The van der Waals surface area contributed by atoms with Crippen molar-refractivity contribution in [3.8, 4) is 11.5 Å². The zero-order valence-corrected chi connectivity index (χ0v) is 14.0. The molecule has 0 aromatic heterocycles. The van der Waals surface area contributed by atoms with E-state index in [1.807, 2.05) is 24.3 Å². The third-order valence-electron chi connectivity index (χ3n) is 3.36. The maximum atomic E-state index is 5.20. The molecule has 0 unspecified atom stereocenters. The van der Waals surface area contributed by atoms with Gasteiger partial charge in [-0.1, -0.05) is 45.9 Å². The van der Waals surface area contributed by atoms with Crippen LogP contribution < -0.4 is 9.47 Å². The van der Waals surface area contributed by atoms with Gasteiger partial charge in [0, 0.05) is 9.81 Å². The number of rotatable bonds is 4. The van der Waals surface area contributed by atoms with Crippen molar-refractivity contribution in [1.29, 1.82) is 0 Å². The first-order valence-corrected chi connectivity index (χ1v) is 9.00. The van der Waals surface area contributed by atoms with E-state index in [1.165, 1.54) is 20.9 Å². The highest BCUT2D eigenvalue weighted by Crippen LogP contribution is 2.48. The van der Waals surface area contributed by atoms with Crippen LogP contribution in [0, 0.1) is 0 Å². The molecule has 0 spiro atoms. The topological polar surface area (TPSA) is 18.5 Å². The van der Waals surface area contributed by atoms with Crippen LogP contribution >= 0.6 is 21.6 Å². The molecule has 0 saturated heterocycles. The monoisotopic (exact) mass is 328 g/mol. The molecule has 0 saturated carbocycles. The van der Waals surface area contributed by atoms with Gasteiger partial charge in [-0.3, -0.25) is 0 Å². The molecule has 1 aliphatic heterocycles. The standard InChI is InChI=1S/C18H16O2S2/c1-19-15-7-3-13(4-8-15)17-11-12-18(22-21-17)14-5-9-16(20-2)10-6-14/h3-12H,1-2H3. The number of ether oxygens (including phenoxy) is 2. The predicted molar refractivity (Wildman–Crippen MR) is 97.1 cm³/mol. The zero-order chi connectivity index (χ0) is 15.4. The van der Waals surface area contributed by atoms with Crippen LogP contribution in [0.4, 0.5) is 0 Å². The SMILES string of the molecule is COc1ccc(C2=CC=C(c3ccc(OC)cc3)SS2)cc1. The van der Waals surface area contributed by atoms with Crippen LogP contribution in [0.25, 0.3) is 9.81 Å². The molecular formula is C18H16O2S2. The Bertz CT molecular complexity index is 637. The molecule has 0 N–H and O–H groups in total. The number of allylic oxidation sites excluding steroid dienone is 2. The number of methoxy groups -OCH3 is 2. The quantitative estimate of drug-likeness (QED) is 0.691. The Kier molecular flexibility index (Phi) is 4.80. The van der Waals surface area contributed by atoms with E-state index in [1.54, 1.807) is 35.8 Å². The minimum Gasteiger partial charge on any atom is -0.497 e. The summed E-state index contributed by atoms with van der Waals surface area (Å²) >= 11 is 0. The second-order valence-corrected chi connectivity index (χ2v) is 6.90. The first kappa shape index (κ1) is 15.1. The van der Waals surface area contributed by atoms with Gasteiger partial charge in [0.25, 0.3) is 0 Å². The molecule has 3 rings (SSSR count). The summed E-state index contributed by atoms with van der Waals surface area (Å²) in [5, 5.41) is 0. The van der Waals surface area contributed by atoms with Crippen molar-refractivity contribution >= 4 is 31.4 Å². The van der Waals surface area contributed by atoms with Gasteiger partial charge in [0.2, 0.25) is 0 Å². The van der Waals surface area contributed by atoms with E-state index in [0.29, 0.717) is 0 Å². The molecule has 1 aliphatic rings. The van der Waals surface area contributed by atoms with Crippen LogP contribution in [0.5, 0.6) is 11.5 Å². The molecule has 4 heteroatoms. The fraction of sp³-hybridized carbons (Fsp3) is 0.111. The summed E-state index contributed by atoms with van der Waals surface area (Å²) in [6, 6.07) is 16.3. The molecule has 2 nitrogen and oxygen atoms in total. The number of hydrogen-bond donors (Lipinski definition) is 0. The molecule has 2 aromatic carbocycles. The Labute approximate surface area is 138 Å². The lowest BCUT2D eigenvalue weighted by atomic mass is 10.1. The highest BCUT2D eigenvalue weighted by Gasteiger charge is 2.12. The van der Waals surface area contributed by atoms with Crippen LogP contribution in [0.15, 0.2) is 60.7 Å². The Balaban J connectivity index is 1.80. The molecule has 0 bridgehead atoms. The van der Waals surface area contributed by atoms with Crippen molar-refractivity contribution in [2.24, 2.45) is 0 Å². The van der Waals surface area contributed by atoms with Crippen LogP contribution in [0.3, 0.4) is 0 Å². The van der Waals surface area contributed by atoms with Gasteiger partial charge in [0.05, 0.1) is 14.2 Å². The van der Waals surface area contributed by atoms with Crippen LogP contribution in [0.2, 0.25) is 0 Å². The Morgan fingerprint density at radius 1 is 0.591 bits per heavy atom.